The Kier molecular flexibility index (Phi) is 15.9. The minimum Gasteiger partial charge on any atom is -0.502 e. The zero-order valence-corrected chi connectivity index (χ0v) is 38.9. The van der Waals surface area contributed by atoms with Crippen LogP contribution in [0, 0.1) is 0 Å². The summed E-state index contributed by atoms with van der Waals surface area (Å²) < 4.78 is 21.9. The van der Waals surface area contributed by atoms with E-state index < -0.39 is 11.2 Å². The molecule has 374 valence electrons. The second-order valence-electron chi connectivity index (χ2n) is 17.3. The number of aromatic nitrogens is 2. The predicted octanol–water partition coefficient (Wildman–Crippen LogP) is 9.21. The summed E-state index contributed by atoms with van der Waals surface area (Å²) in [6, 6.07) is 47.7. The van der Waals surface area contributed by atoms with Gasteiger partial charge in [0, 0.05) is 48.7 Å². The molecule has 0 fully saturated rings. The molecule has 6 heterocycles. The number of hydrogen-bond donors (Lipinski definition) is 1. The van der Waals surface area contributed by atoms with Crippen LogP contribution in [-0.2, 0) is 6.61 Å². The lowest BCUT2D eigenvalue weighted by molar-refractivity contribution is 0.0691. The maximum absolute atomic E-state index is 13.9. The number of fused-ring (bicyclic) bond motifs is 10. The Bertz CT molecular complexity index is 3210. The molecule has 4 aliphatic heterocycles. The first-order chi connectivity index (χ1) is 34.9. The topological polar surface area (TPSA) is 139 Å². The predicted molar refractivity (Wildman–Crippen MR) is 284 cm³/mol. The van der Waals surface area contributed by atoms with E-state index in [0.717, 1.165) is 45.7 Å². The average molecular weight is 981 g/mol. The lowest BCUT2D eigenvalue weighted by Crippen LogP contribution is -2.55. The highest BCUT2D eigenvalue weighted by Gasteiger charge is 2.39. The molecule has 0 aliphatic carbocycles. The standard InChI is InChI=1S/C32H29N3O4.C25H23N3O4.2CH4/c36-27-18-20-34-30(31(27)39-22-24-12-4-1-5-13-24)32(37)33-19-10-3-11-21-38-28-17-9-8-16-26(28)29(35(34)23-33)25-14-6-2-7-15-25;29-20-13-15-27-23(24(20)30)25(31)26-14-7-2-8-16-32-21-12-6-5-11-19(21)22(28(27)17-26)18-9-3-1-4-10-18;;/h1-10,12-18,20,29H,11,19,21-23H2;1-7,9-13,15,22,30H,8,14,16-17H2;2*1H4/b10-3-;7-2-;;. The summed E-state index contributed by atoms with van der Waals surface area (Å²) in [6.07, 6.45) is 12.5. The maximum atomic E-state index is 13.9. The molecule has 0 saturated heterocycles. The summed E-state index contributed by atoms with van der Waals surface area (Å²) in [5.41, 5.74) is 4.12. The lowest BCUT2D eigenvalue weighted by Gasteiger charge is -2.44. The number of rotatable bonds is 5. The molecular formula is C59H60N6O8. The Morgan fingerprint density at radius 2 is 0.945 bits per heavy atom. The summed E-state index contributed by atoms with van der Waals surface area (Å²) in [6.45, 7) is 2.58. The summed E-state index contributed by atoms with van der Waals surface area (Å²) in [4.78, 5) is 55.9. The van der Waals surface area contributed by atoms with E-state index in [2.05, 4.69) is 23.2 Å². The van der Waals surface area contributed by atoms with Crippen molar-refractivity contribution in [1.29, 1.82) is 0 Å². The molecule has 4 bridgehead atoms. The molecule has 0 radical (unpaired) electrons. The van der Waals surface area contributed by atoms with Crippen molar-refractivity contribution in [2.45, 2.75) is 46.4 Å². The summed E-state index contributed by atoms with van der Waals surface area (Å²) >= 11 is 0. The van der Waals surface area contributed by atoms with Gasteiger partial charge in [0.15, 0.2) is 22.9 Å². The van der Waals surface area contributed by atoms with Crippen LogP contribution in [0.1, 0.15) is 88.6 Å². The van der Waals surface area contributed by atoms with Gasteiger partial charge in [-0.3, -0.25) is 38.5 Å². The van der Waals surface area contributed by atoms with Crippen LogP contribution >= 0.6 is 0 Å². The van der Waals surface area contributed by atoms with Gasteiger partial charge in [-0.2, -0.15) is 0 Å². The van der Waals surface area contributed by atoms with Gasteiger partial charge in [0.25, 0.3) is 11.8 Å². The van der Waals surface area contributed by atoms with Crippen molar-refractivity contribution >= 4 is 11.8 Å². The fraction of sp³-hybridized carbons (Fsp3) is 0.220. The van der Waals surface area contributed by atoms with Crippen LogP contribution in [-0.4, -0.2) is 75.7 Å². The Labute approximate surface area is 425 Å². The highest BCUT2D eigenvalue weighted by Crippen LogP contribution is 2.39. The Morgan fingerprint density at radius 1 is 0.507 bits per heavy atom. The molecule has 14 heteroatoms. The van der Waals surface area contributed by atoms with Gasteiger partial charge in [-0.1, -0.05) is 167 Å². The van der Waals surface area contributed by atoms with Crippen molar-refractivity contribution in [3.05, 3.63) is 248 Å². The quantitative estimate of drug-likeness (QED) is 0.166. The van der Waals surface area contributed by atoms with Gasteiger partial charge in [-0.25, -0.2) is 0 Å². The van der Waals surface area contributed by atoms with Crippen molar-refractivity contribution in [1.82, 2.24) is 19.2 Å². The van der Waals surface area contributed by atoms with Crippen LogP contribution in [0.25, 0.3) is 0 Å². The van der Waals surface area contributed by atoms with Gasteiger partial charge < -0.3 is 29.1 Å². The van der Waals surface area contributed by atoms with Crippen LogP contribution in [0.2, 0.25) is 0 Å². The van der Waals surface area contributed by atoms with Gasteiger partial charge in [0.2, 0.25) is 10.9 Å². The first-order valence-corrected chi connectivity index (χ1v) is 23.7. The number of aromatic hydroxyl groups is 1. The molecule has 2 atom stereocenters. The fourth-order valence-electron chi connectivity index (χ4n) is 9.41. The summed E-state index contributed by atoms with van der Waals surface area (Å²) in [7, 11) is 0. The van der Waals surface area contributed by atoms with Gasteiger partial charge in [-0.05, 0) is 41.7 Å². The molecule has 0 saturated carbocycles. The molecule has 0 spiro atoms. The van der Waals surface area contributed by atoms with Gasteiger partial charge >= 0.3 is 0 Å². The van der Waals surface area contributed by atoms with E-state index in [4.69, 9.17) is 14.2 Å². The van der Waals surface area contributed by atoms with Crippen molar-refractivity contribution < 1.29 is 28.9 Å². The second-order valence-corrected chi connectivity index (χ2v) is 17.3. The second kappa shape index (κ2) is 23.0. The van der Waals surface area contributed by atoms with E-state index in [1.54, 1.807) is 31.5 Å². The molecule has 7 aromatic rings. The number of amides is 2. The molecule has 4 aliphatic rings. The number of hydrogen-bond acceptors (Lipinski definition) is 10. The molecule has 5 aromatic carbocycles. The van der Waals surface area contributed by atoms with Crippen LogP contribution < -0.4 is 35.1 Å². The number of nitrogens with zero attached hydrogens (tertiary/aromatic N) is 6. The number of para-hydroxylation sites is 2. The maximum Gasteiger partial charge on any atom is 0.278 e. The molecule has 2 amide bonds. The molecule has 73 heavy (non-hydrogen) atoms. The first-order valence-electron chi connectivity index (χ1n) is 23.7. The number of benzene rings is 5. The smallest absolute Gasteiger partial charge is 0.278 e. The molecule has 11 rings (SSSR count). The zero-order valence-electron chi connectivity index (χ0n) is 38.9. The molecule has 2 aromatic heterocycles. The van der Waals surface area contributed by atoms with Crippen molar-refractivity contribution in [3.8, 4) is 23.0 Å². The van der Waals surface area contributed by atoms with E-state index in [-0.39, 0.29) is 74.6 Å². The SMILES string of the molecule is C.C.O=C1c2c(O)c(=O)ccn2N2CN1C/C=C\CCOc1ccccc1C2c1ccccc1.O=C1c2c(OCc3ccccc3)c(=O)ccn2N2CN1C/C=C\CCOc1ccccc1C2c1ccccc1. The van der Waals surface area contributed by atoms with Crippen molar-refractivity contribution in [2.75, 3.05) is 49.7 Å². The van der Waals surface area contributed by atoms with E-state index in [0.29, 0.717) is 39.4 Å². The number of carbonyl (C=O) groups is 2. The molecule has 2 unspecified atom stereocenters. The minimum atomic E-state index is -0.581. The number of carbonyl (C=O) groups excluding carboxylic acids is 2. The third-order valence-corrected chi connectivity index (χ3v) is 12.8. The lowest BCUT2D eigenvalue weighted by atomic mass is 9.97. The van der Waals surface area contributed by atoms with Gasteiger partial charge in [0.1, 0.15) is 43.5 Å². The van der Waals surface area contributed by atoms with Crippen LogP contribution in [0.3, 0.4) is 0 Å². The number of ether oxygens (including phenoxy) is 3. The summed E-state index contributed by atoms with van der Waals surface area (Å²) in [5.74, 6) is 0.421. The van der Waals surface area contributed by atoms with Crippen LogP contribution in [0.5, 0.6) is 23.0 Å². The minimum absolute atomic E-state index is 0. The molecule has 1 N–H and O–H groups in total. The highest BCUT2D eigenvalue weighted by molar-refractivity contribution is 5.97. The van der Waals surface area contributed by atoms with Crippen molar-refractivity contribution in [3.63, 3.8) is 0 Å². The normalized spacial score (nSPS) is 17.8. The van der Waals surface area contributed by atoms with E-state index in [1.807, 2.05) is 151 Å². The van der Waals surface area contributed by atoms with E-state index in [1.165, 1.54) is 12.1 Å². The Morgan fingerprint density at radius 3 is 1.47 bits per heavy atom. The van der Waals surface area contributed by atoms with Gasteiger partial charge in [-0.15, -0.1) is 0 Å². The number of pyridine rings is 2. The monoisotopic (exact) mass is 980 g/mol. The Hall–Kier alpha value is -8.78. The van der Waals surface area contributed by atoms with E-state index in [9.17, 15) is 24.3 Å². The van der Waals surface area contributed by atoms with Crippen LogP contribution in [0.4, 0.5) is 0 Å². The molecular weight excluding hydrogens is 921 g/mol. The third kappa shape index (κ3) is 10.5. The largest absolute Gasteiger partial charge is 0.502 e. The van der Waals surface area contributed by atoms with Crippen molar-refractivity contribution in [2.24, 2.45) is 0 Å². The van der Waals surface area contributed by atoms with Gasteiger partial charge in [0.05, 0.1) is 13.2 Å². The summed E-state index contributed by atoms with van der Waals surface area (Å²) in [5, 5.41) is 14.6. The van der Waals surface area contributed by atoms with Crippen LogP contribution in [0.15, 0.2) is 198 Å². The fourth-order valence-corrected chi connectivity index (χ4v) is 9.41. The first kappa shape index (κ1) is 50.6. The highest BCUT2D eigenvalue weighted by atomic mass is 16.5. The third-order valence-electron chi connectivity index (χ3n) is 12.8. The Balaban J connectivity index is 0.000000193. The van der Waals surface area contributed by atoms with E-state index >= 15 is 0 Å². The zero-order chi connectivity index (χ0) is 48.7. The average Bonchev–Trinajstić information content (AvgIpc) is 3.40. The molecule has 14 nitrogen and oxygen atoms in total.